The fourth-order valence-corrected chi connectivity index (χ4v) is 4.01. The van der Waals surface area contributed by atoms with Gasteiger partial charge in [0.2, 0.25) is 0 Å². The number of hydrogen-bond acceptors (Lipinski definition) is 7. The van der Waals surface area contributed by atoms with Crippen LogP contribution in [-0.4, -0.2) is 36.1 Å². The molecule has 1 N–H and O–H groups in total. The van der Waals surface area contributed by atoms with E-state index in [4.69, 9.17) is 14.5 Å². The summed E-state index contributed by atoms with van der Waals surface area (Å²) in [5.41, 5.74) is 1.31. The molecule has 0 saturated heterocycles. The molecule has 9 heteroatoms. The Bertz CT molecular complexity index is 1140. The van der Waals surface area contributed by atoms with Gasteiger partial charge in [0.25, 0.3) is 5.91 Å². The molecule has 2 aliphatic heterocycles. The second-order valence-electron chi connectivity index (χ2n) is 6.26. The molecule has 0 saturated carbocycles. The van der Waals surface area contributed by atoms with Gasteiger partial charge in [0.1, 0.15) is 5.70 Å². The highest BCUT2D eigenvalue weighted by Gasteiger charge is 2.34. The Kier molecular flexibility index (Phi) is 5.51. The molecule has 0 bridgehead atoms. The SMILES string of the molecule is CCOc1cc([C@@H]2N=c3ccc(Br)cc3=C3C(=O)NC(SC)=NN32)ccc1OC. The van der Waals surface area contributed by atoms with Gasteiger partial charge in [-0.05, 0) is 43.5 Å². The molecule has 2 aromatic carbocycles. The summed E-state index contributed by atoms with van der Waals surface area (Å²) in [5, 5.41) is 11.1. The largest absolute Gasteiger partial charge is 0.493 e. The van der Waals surface area contributed by atoms with Crippen molar-refractivity contribution in [3.05, 3.63) is 57.0 Å². The third-order valence-electron chi connectivity index (χ3n) is 4.55. The van der Waals surface area contributed by atoms with E-state index in [1.165, 1.54) is 11.8 Å². The van der Waals surface area contributed by atoms with E-state index in [1.807, 2.05) is 49.6 Å². The van der Waals surface area contributed by atoms with E-state index >= 15 is 0 Å². The first-order valence-electron chi connectivity index (χ1n) is 8.97. The maximum absolute atomic E-state index is 12.9. The van der Waals surface area contributed by atoms with Crippen LogP contribution >= 0.6 is 27.7 Å². The Morgan fingerprint density at radius 2 is 2.07 bits per heavy atom. The molecule has 4 rings (SSSR count). The molecule has 7 nitrogen and oxygen atoms in total. The number of rotatable bonds is 4. The standard InChI is InChI=1S/C20H19BrN4O3S/c1-4-28-16-9-11(5-8-15(16)27-2)18-22-14-7-6-12(21)10-13(14)17-19(26)23-20(29-3)24-25(17)18/h5-10,18H,4H2,1-3H3,(H,23,24,26)/t18-/m1/s1. The molecule has 0 spiro atoms. The van der Waals surface area contributed by atoms with Crippen LogP contribution in [0.1, 0.15) is 18.7 Å². The third-order valence-corrected chi connectivity index (χ3v) is 5.61. The van der Waals surface area contributed by atoms with Crippen molar-refractivity contribution < 1.29 is 14.3 Å². The number of hydrazone groups is 1. The van der Waals surface area contributed by atoms with Crippen LogP contribution < -0.4 is 25.4 Å². The average Bonchev–Trinajstić information content (AvgIpc) is 2.73. The number of methoxy groups -OCH3 is 1. The van der Waals surface area contributed by atoms with Gasteiger partial charge in [0.15, 0.2) is 22.8 Å². The highest BCUT2D eigenvalue weighted by molar-refractivity contribution is 9.10. The second kappa shape index (κ2) is 8.08. The van der Waals surface area contributed by atoms with Gasteiger partial charge in [-0.1, -0.05) is 33.8 Å². The lowest BCUT2D eigenvalue weighted by Gasteiger charge is -2.34. The lowest BCUT2D eigenvalue weighted by atomic mass is 10.1. The number of nitrogens with one attached hydrogen (secondary N) is 1. The molecule has 29 heavy (non-hydrogen) atoms. The smallest absolute Gasteiger partial charge is 0.276 e. The van der Waals surface area contributed by atoms with Crippen molar-refractivity contribution in [2.75, 3.05) is 20.0 Å². The number of hydrogen-bond donors (Lipinski definition) is 1. The summed E-state index contributed by atoms with van der Waals surface area (Å²) >= 11 is 4.85. The number of amides is 1. The number of halogens is 1. The Balaban J connectivity index is 1.94. The van der Waals surface area contributed by atoms with E-state index in [9.17, 15) is 4.79 Å². The van der Waals surface area contributed by atoms with Gasteiger partial charge in [-0.2, -0.15) is 0 Å². The molecule has 1 amide bonds. The van der Waals surface area contributed by atoms with Crippen LogP contribution in [0.4, 0.5) is 0 Å². The van der Waals surface area contributed by atoms with Crippen LogP contribution in [0.2, 0.25) is 0 Å². The van der Waals surface area contributed by atoms with Gasteiger partial charge in [-0.25, -0.2) is 5.01 Å². The van der Waals surface area contributed by atoms with Gasteiger partial charge in [0.05, 0.1) is 19.1 Å². The molecule has 2 heterocycles. The van der Waals surface area contributed by atoms with Crippen LogP contribution in [0.15, 0.2) is 51.0 Å². The summed E-state index contributed by atoms with van der Waals surface area (Å²) in [6.07, 6.45) is 1.36. The summed E-state index contributed by atoms with van der Waals surface area (Å²) in [5.74, 6) is 1.06. The summed E-state index contributed by atoms with van der Waals surface area (Å²) in [6.45, 7) is 2.43. The molecule has 0 aromatic heterocycles. The zero-order chi connectivity index (χ0) is 20.5. The summed E-state index contributed by atoms with van der Waals surface area (Å²) < 4.78 is 12.0. The number of benzene rings is 2. The molecule has 1 atom stereocenters. The summed E-state index contributed by atoms with van der Waals surface area (Å²) in [6, 6.07) is 11.3. The van der Waals surface area contributed by atoms with Gasteiger partial charge < -0.3 is 9.47 Å². The highest BCUT2D eigenvalue weighted by atomic mass is 79.9. The number of carbonyl (C=O) groups is 1. The minimum absolute atomic E-state index is 0.206. The van der Waals surface area contributed by atoms with Crippen LogP contribution in [0.3, 0.4) is 0 Å². The lowest BCUT2D eigenvalue weighted by Crippen LogP contribution is -2.50. The van der Waals surface area contributed by atoms with Crippen molar-refractivity contribution in [2.24, 2.45) is 10.1 Å². The van der Waals surface area contributed by atoms with Gasteiger partial charge >= 0.3 is 0 Å². The zero-order valence-electron chi connectivity index (χ0n) is 16.1. The average molecular weight is 475 g/mol. The number of fused-ring (bicyclic) bond motifs is 2. The minimum Gasteiger partial charge on any atom is -0.493 e. The maximum Gasteiger partial charge on any atom is 0.276 e. The lowest BCUT2D eigenvalue weighted by molar-refractivity contribution is -0.116. The number of amidine groups is 1. The predicted octanol–water partition coefficient (Wildman–Crippen LogP) is 2.36. The van der Waals surface area contributed by atoms with Crippen LogP contribution in [0.25, 0.3) is 5.70 Å². The monoisotopic (exact) mass is 474 g/mol. The van der Waals surface area contributed by atoms with E-state index < -0.39 is 6.17 Å². The van der Waals surface area contributed by atoms with E-state index in [1.54, 1.807) is 12.1 Å². The number of thioether (sulfide) groups is 1. The van der Waals surface area contributed by atoms with Crippen molar-refractivity contribution in [1.29, 1.82) is 0 Å². The Hall–Kier alpha value is -2.52. The molecule has 0 aliphatic carbocycles. The fourth-order valence-electron chi connectivity index (χ4n) is 3.28. The molecular formula is C20H19BrN4O3S. The molecule has 0 fully saturated rings. The Labute approximate surface area is 180 Å². The maximum atomic E-state index is 12.9. The quantitative estimate of drug-likeness (QED) is 0.735. The van der Waals surface area contributed by atoms with E-state index in [0.717, 1.165) is 20.6 Å². The Morgan fingerprint density at radius 3 is 2.79 bits per heavy atom. The highest BCUT2D eigenvalue weighted by Crippen LogP contribution is 2.36. The van der Waals surface area contributed by atoms with Crippen LogP contribution in [-0.2, 0) is 4.79 Å². The van der Waals surface area contributed by atoms with Crippen LogP contribution in [0.5, 0.6) is 11.5 Å². The number of nitrogens with zero attached hydrogens (tertiary/aromatic N) is 3. The summed E-state index contributed by atoms with van der Waals surface area (Å²) in [7, 11) is 1.60. The van der Waals surface area contributed by atoms with Crippen molar-refractivity contribution >= 4 is 44.5 Å². The van der Waals surface area contributed by atoms with E-state index in [0.29, 0.717) is 29.0 Å². The van der Waals surface area contributed by atoms with Gasteiger partial charge in [-0.15, -0.1) is 5.10 Å². The second-order valence-corrected chi connectivity index (χ2v) is 7.97. The van der Waals surface area contributed by atoms with Crippen molar-refractivity contribution in [1.82, 2.24) is 10.3 Å². The molecular weight excluding hydrogens is 456 g/mol. The third kappa shape index (κ3) is 3.60. The molecule has 150 valence electrons. The topological polar surface area (TPSA) is 75.5 Å². The normalized spacial score (nSPS) is 17.6. The number of carbonyl (C=O) groups excluding carboxylic acids is 1. The first-order valence-corrected chi connectivity index (χ1v) is 11.0. The van der Waals surface area contributed by atoms with E-state index in [2.05, 4.69) is 26.3 Å². The fraction of sp³-hybridized carbons (Fsp3) is 0.250. The van der Waals surface area contributed by atoms with Gasteiger partial charge in [-0.3, -0.25) is 15.1 Å². The zero-order valence-corrected chi connectivity index (χ0v) is 18.5. The Morgan fingerprint density at radius 1 is 1.24 bits per heavy atom. The molecule has 2 aromatic rings. The molecule has 2 aliphatic rings. The number of ether oxygens (including phenoxy) is 2. The molecule has 0 radical (unpaired) electrons. The van der Waals surface area contributed by atoms with Crippen LogP contribution in [0, 0.1) is 0 Å². The first kappa shape index (κ1) is 19.8. The summed E-state index contributed by atoms with van der Waals surface area (Å²) in [4.78, 5) is 17.8. The minimum atomic E-state index is -0.503. The van der Waals surface area contributed by atoms with E-state index in [-0.39, 0.29) is 5.91 Å². The van der Waals surface area contributed by atoms with Gasteiger partial charge in [0, 0.05) is 15.3 Å². The van der Waals surface area contributed by atoms with Crippen molar-refractivity contribution in [3.8, 4) is 11.5 Å². The van der Waals surface area contributed by atoms with Crippen molar-refractivity contribution in [3.63, 3.8) is 0 Å². The predicted molar refractivity (Wildman–Crippen MR) is 116 cm³/mol. The van der Waals surface area contributed by atoms with Crippen molar-refractivity contribution in [2.45, 2.75) is 13.1 Å². The first-order chi connectivity index (χ1) is 14.0. The molecule has 0 unspecified atom stereocenters.